The van der Waals surface area contributed by atoms with Gasteiger partial charge in [0.15, 0.2) is 5.65 Å². The van der Waals surface area contributed by atoms with Crippen LogP contribution in [0.25, 0.3) is 11.7 Å². The summed E-state index contributed by atoms with van der Waals surface area (Å²) in [6.07, 6.45) is 0.0691. The van der Waals surface area contributed by atoms with Crippen LogP contribution in [0, 0.1) is 5.82 Å². The Morgan fingerprint density at radius 3 is 2.62 bits per heavy atom. The summed E-state index contributed by atoms with van der Waals surface area (Å²) in [5.41, 5.74) is -0.388. The van der Waals surface area contributed by atoms with E-state index in [4.69, 9.17) is 0 Å². The first-order valence-corrected chi connectivity index (χ1v) is 10.1. The van der Waals surface area contributed by atoms with E-state index in [1.165, 1.54) is 16.8 Å². The summed E-state index contributed by atoms with van der Waals surface area (Å²) < 4.78 is 54.0. The highest BCUT2D eigenvalue weighted by Crippen LogP contribution is 2.30. The molecule has 10 nitrogen and oxygen atoms in total. The Labute approximate surface area is 188 Å². The van der Waals surface area contributed by atoms with Crippen molar-refractivity contribution in [2.24, 2.45) is 0 Å². The van der Waals surface area contributed by atoms with Crippen molar-refractivity contribution in [3.8, 4) is 0 Å². The molecule has 0 atom stereocenters. The van der Waals surface area contributed by atoms with Crippen molar-refractivity contribution in [2.75, 3.05) is 10.6 Å². The van der Waals surface area contributed by atoms with E-state index in [0.29, 0.717) is 17.6 Å². The minimum atomic E-state index is -4.65. The van der Waals surface area contributed by atoms with Crippen molar-refractivity contribution >= 4 is 35.6 Å². The van der Waals surface area contributed by atoms with Crippen LogP contribution in [0.4, 0.5) is 34.3 Å². The smallest absolute Gasteiger partial charge is 0.351 e. The predicted molar refractivity (Wildman–Crippen MR) is 111 cm³/mol. The van der Waals surface area contributed by atoms with Crippen LogP contribution in [-0.2, 0) is 17.5 Å². The summed E-state index contributed by atoms with van der Waals surface area (Å²) in [5, 5.41) is 14.7. The number of amides is 3. The molecule has 2 aromatic heterocycles. The summed E-state index contributed by atoms with van der Waals surface area (Å²) in [5.74, 6) is -1.22. The van der Waals surface area contributed by atoms with Crippen LogP contribution in [0.15, 0.2) is 30.1 Å². The van der Waals surface area contributed by atoms with Crippen molar-refractivity contribution in [3.63, 3.8) is 0 Å². The lowest BCUT2D eigenvalue weighted by Gasteiger charge is -2.12. The maximum atomic E-state index is 14.2. The molecule has 1 aliphatic carbocycles. The fourth-order valence-corrected chi connectivity index (χ4v) is 3.26. The largest absolute Gasteiger partial charge is 0.416 e. The van der Waals surface area contributed by atoms with Gasteiger partial charge in [0.2, 0.25) is 11.9 Å². The van der Waals surface area contributed by atoms with Gasteiger partial charge in [0.25, 0.3) is 5.91 Å². The number of urea groups is 1. The third-order valence-electron chi connectivity index (χ3n) is 5.14. The summed E-state index contributed by atoms with van der Waals surface area (Å²) in [6, 6.07) is 1.82. The zero-order chi connectivity index (χ0) is 24.0. The quantitative estimate of drug-likeness (QED) is 0.245. The number of fused-ring (bicyclic) bond motifs is 1. The van der Waals surface area contributed by atoms with Crippen LogP contribution in [-0.4, -0.2) is 37.6 Å². The number of nitrogens with zero attached hydrogens (tertiary/aromatic N) is 4. The Hall–Kier alpha value is -4.23. The van der Waals surface area contributed by atoms with Crippen molar-refractivity contribution < 1.29 is 27.2 Å². The molecular weight excluding hydrogens is 460 g/mol. The number of aromatic nitrogens is 4. The van der Waals surface area contributed by atoms with E-state index in [9.17, 15) is 27.2 Å². The van der Waals surface area contributed by atoms with Crippen LogP contribution in [0.1, 0.15) is 29.5 Å². The number of imide groups is 1. The predicted octanol–water partition coefficient (Wildman–Crippen LogP) is 2.65. The number of halogens is 4. The fourth-order valence-electron chi connectivity index (χ4n) is 3.26. The maximum absolute atomic E-state index is 14.2. The number of carbonyl (C=O) groups is 2. The average Bonchev–Trinajstić information content (AvgIpc) is 3.40. The lowest BCUT2D eigenvalue weighted by atomic mass is 10.1. The summed E-state index contributed by atoms with van der Waals surface area (Å²) in [7, 11) is 0. The SMILES string of the molecule is O=C1NC(=O)/C(=C/c2cnn3c(NC4CC4)nc(NCc4ccc(C(F)(F)F)cc4F)nc23)N1. The molecule has 2 aliphatic rings. The first-order valence-electron chi connectivity index (χ1n) is 10.1. The summed E-state index contributed by atoms with van der Waals surface area (Å²) in [6.45, 7) is -0.175. The molecule has 3 heterocycles. The number of carbonyl (C=O) groups excluding carboxylic acids is 2. The van der Waals surface area contributed by atoms with E-state index in [2.05, 4.69) is 36.3 Å². The second-order valence-corrected chi connectivity index (χ2v) is 7.75. The molecule has 34 heavy (non-hydrogen) atoms. The molecule has 0 spiro atoms. The van der Waals surface area contributed by atoms with E-state index >= 15 is 0 Å². The molecule has 1 saturated heterocycles. The molecule has 1 aliphatic heterocycles. The monoisotopic (exact) mass is 476 g/mol. The Bertz CT molecular complexity index is 1350. The van der Waals surface area contributed by atoms with Crippen molar-refractivity contribution in [2.45, 2.75) is 31.6 Å². The zero-order valence-electron chi connectivity index (χ0n) is 17.2. The highest BCUT2D eigenvalue weighted by atomic mass is 19.4. The van der Waals surface area contributed by atoms with Gasteiger partial charge in [0.1, 0.15) is 11.5 Å². The second-order valence-electron chi connectivity index (χ2n) is 7.75. The number of benzene rings is 1. The molecule has 2 fully saturated rings. The number of anilines is 2. The lowest BCUT2D eigenvalue weighted by molar-refractivity contribution is -0.137. The second kappa shape index (κ2) is 7.97. The Morgan fingerprint density at radius 1 is 1.18 bits per heavy atom. The first-order chi connectivity index (χ1) is 16.2. The molecule has 0 radical (unpaired) electrons. The number of nitrogens with one attached hydrogen (secondary N) is 4. The van der Waals surface area contributed by atoms with E-state index in [1.807, 2.05) is 0 Å². The molecule has 0 unspecified atom stereocenters. The summed E-state index contributed by atoms with van der Waals surface area (Å²) >= 11 is 0. The van der Waals surface area contributed by atoms with E-state index < -0.39 is 29.5 Å². The Morgan fingerprint density at radius 2 is 1.97 bits per heavy atom. The maximum Gasteiger partial charge on any atom is 0.416 e. The molecule has 0 bridgehead atoms. The van der Waals surface area contributed by atoms with E-state index in [1.54, 1.807) is 0 Å². The Kier molecular flexibility index (Phi) is 5.06. The molecular formula is C20H16F4N8O2. The fraction of sp³-hybridized carbons (Fsp3) is 0.250. The van der Waals surface area contributed by atoms with Crippen LogP contribution < -0.4 is 21.3 Å². The average molecular weight is 476 g/mol. The Balaban J connectivity index is 1.46. The third-order valence-corrected chi connectivity index (χ3v) is 5.14. The number of hydrogen-bond donors (Lipinski definition) is 4. The van der Waals surface area contributed by atoms with Crippen LogP contribution in [0.2, 0.25) is 0 Å². The highest BCUT2D eigenvalue weighted by Gasteiger charge is 2.31. The molecule has 3 aromatic rings. The number of alkyl halides is 3. The molecule has 14 heteroatoms. The van der Waals surface area contributed by atoms with Gasteiger partial charge in [-0.3, -0.25) is 10.1 Å². The van der Waals surface area contributed by atoms with E-state index in [0.717, 1.165) is 25.0 Å². The number of rotatable bonds is 6. The van der Waals surface area contributed by atoms with Crippen molar-refractivity contribution in [1.82, 2.24) is 30.2 Å². The third kappa shape index (κ3) is 4.33. The van der Waals surface area contributed by atoms with Crippen LogP contribution in [0.5, 0.6) is 0 Å². The standard InChI is InChI=1S/C20H16F4N8O2/c21-13-6-11(20(22,23)24)2-1-9(13)7-25-17-29-15-10(5-14-16(33)30-19(34)28-14)8-26-32(15)18(31-17)27-12-3-4-12/h1-2,5-6,8,12H,3-4,7H2,(H2,25,27,29,31)(H2,28,30,33,34)/b14-5-. The van der Waals surface area contributed by atoms with Gasteiger partial charge in [-0.05, 0) is 31.1 Å². The molecule has 5 rings (SSSR count). The summed E-state index contributed by atoms with van der Waals surface area (Å²) in [4.78, 5) is 31.9. The zero-order valence-corrected chi connectivity index (χ0v) is 17.2. The van der Waals surface area contributed by atoms with Gasteiger partial charge in [0, 0.05) is 23.7 Å². The molecule has 4 N–H and O–H groups in total. The van der Waals surface area contributed by atoms with Gasteiger partial charge in [-0.15, -0.1) is 0 Å². The van der Waals surface area contributed by atoms with Gasteiger partial charge >= 0.3 is 12.2 Å². The van der Waals surface area contributed by atoms with Crippen molar-refractivity contribution in [1.29, 1.82) is 0 Å². The minimum absolute atomic E-state index is 0.00522. The molecule has 176 valence electrons. The van der Waals surface area contributed by atoms with Gasteiger partial charge in [-0.1, -0.05) is 6.07 Å². The van der Waals surface area contributed by atoms with Crippen molar-refractivity contribution in [3.05, 3.63) is 52.6 Å². The molecule has 1 aromatic carbocycles. The van der Waals surface area contributed by atoms with Gasteiger partial charge < -0.3 is 16.0 Å². The van der Waals surface area contributed by atoms with Gasteiger partial charge in [-0.25, -0.2) is 9.18 Å². The molecule has 3 amide bonds. The topological polar surface area (TPSA) is 125 Å². The first kappa shape index (κ1) is 21.6. The normalized spacial score (nSPS) is 17.2. The number of hydrogen-bond acceptors (Lipinski definition) is 7. The van der Waals surface area contributed by atoms with Crippen LogP contribution in [0.3, 0.4) is 0 Å². The lowest BCUT2D eigenvalue weighted by Crippen LogP contribution is -2.22. The van der Waals surface area contributed by atoms with Gasteiger partial charge in [0.05, 0.1) is 11.8 Å². The minimum Gasteiger partial charge on any atom is -0.351 e. The highest BCUT2D eigenvalue weighted by molar-refractivity contribution is 6.14. The van der Waals surface area contributed by atoms with Crippen LogP contribution >= 0.6 is 0 Å². The van der Waals surface area contributed by atoms with Gasteiger partial charge in [-0.2, -0.15) is 32.8 Å². The van der Waals surface area contributed by atoms with E-state index in [-0.39, 0.29) is 35.4 Å². The molecule has 1 saturated carbocycles.